The molecule has 0 fully saturated rings. The number of hydrogen-bond acceptors (Lipinski definition) is 5. The summed E-state index contributed by atoms with van der Waals surface area (Å²) in [6.07, 6.45) is 2.15. The molecule has 4 rings (SSSR count). The number of hydrogen-bond donors (Lipinski definition) is 1. The van der Waals surface area contributed by atoms with E-state index in [0.29, 0.717) is 17.1 Å². The van der Waals surface area contributed by atoms with Crippen molar-refractivity contribution in [2.75, 3.05) is 19.5 Å². The average molecular weight is 462 g/mol. The van der Waals surface area contributed by atoms with Crippen molar-refractivity contribution in [3.63, 3.8) is 0 Å². The third-order valence-corrected chi connectivity index (χ3v) is 5.87. The van der Waals surface area contributed by atoms with Crippen LogP contribution in [0.1, 0.15) is 42.3 Å². The lowest BCUT2D eigenvalue weighted by Crippen LogP contribution is -2.32. The Labute approximate surface area is 199 Å². The molecule has 176 valence electrons. The molecule has 0 radical (unpaired) electrons. The van der Waals surface area contributed by atoms with Crippen LogP contribution in [0.4, 0.5) is 10.1 Å². The molecule has 0 spiro atoms. The third kappa shape index (κ3) is 4.62. The lowest BCUT2D eigenvalue weighted by atomic mass is 9.85. The van der Waals surface area contributed by atoms with Crippen LogP contribution in [0, 0.1) is 5.82 Å². The van der Waals surface area contributed by atoms with E-state index in [-0.39, 0.29) is 18.0 Å². The monoisotopic (exact) mass is 461 g/mol. The molecule has 1 aliphatic heterocycles. The van der Waals surface area contributed by atoms with Gasteiger partial charge >= 0.3 is 5.97 Å². The molecule has 3 aromatic rings. The highest BCUT2D eigenvalue weighted by Crippen LogP contribution is 2.42. The van der Waals surface area contributed by atoms with Crippen molar-refractivity contribution < 1.29 is 23.4 Å². The predicted octanol–water partition coefficient (Wildman–Crippen LogP) is 6.47. The standard InChI is InChI=1S/C28H28FNO4/c1-17-15-28(2,3)30-24-13-12-21(22-11-8-19(29)14-25(22)33-5)23(26(17)24)16-34-27(31)18-6-9-20(32-4)10-7-18/h6-15,30H,16H2,1-5H3. The Hall–Kier alpha value is -3.80. The summed E-state index contributed by atoms with van der Waals surface area (Å²) >= 11 is 0. The van der Waals surface area contributed by atoms with Crippen LogP contribution in [-0.2, 0) is 11.3 Å². The molecule has 0 atom stereocenters. The molecule has 0 bridgehead atoms. The van der Waals surface area contributed by atoms with Gasteiger partial charge < -0.3 is 19.5 Å². The number of allylic oxidation sites excluding steroid dienone is 1. The predicted molar refractivity (Wildman–Crippen MR) is 132 cm³/mol. The van der Waals surface area contributed by atoms with Crippen LogP contribution in [0.15, 0.2) is 60.7 Å². The number of rotatable bonds is 6. The summed E-state index contributed by atoms with van der Waals surface area (Å²) in [6.45, 7) is 6.28. The molecule has 0 unspecified atom stereocenters. The Bertz CT molecular complexity index is 1260. The first-order chi connectivity index (χ1) is 16.2. The van der Waals surface area contributed by atoms with Crippen molar-refractivity contribution in [2.24, 2.45) is 0 Å². The molecule has 5 nitrogen and oxygen atoms in total. The number of methoxy groups -OCH3 is 2. The van der Waals surface area contributed by atoms with Gasteiger partial charge in [0.2, 0.25) is 0 Å². The molecule has 0 aliphatic carbocycles. The quantitative estimate of drug-likeness (QED) is 0.426. The number of benzene rings is 3. The molecule has 1 heterocycles. The van der Waals surface area contributed by atoms with Crippen molar-refractivity contribution >= 4 is 17.2 Å². The number of fused-ring (bicyclic) bond motifs is 1. The van der Waals surface area contributed by atoms with Gasteiger partial charge in [0, 0.05) is 28.4 Å². The SMILES string of the molecule is COc1ccc(C(=O)OCc2c(-c3ccc(F)cc3OC)ccc3c2C(C)=CC(C)(C)N3)cc1. The van der Waals surface area contributed by atoms with Gasteiger partial charge in [-0.25, -0.2) is 9.18 Å². The highest BCUT2D eigenvalue weighted by molar-refractivity contribution is 5.91. The topological polar surface area (TPSA) is 56.8 Å². The molecule has 6 heteroatoms. The summed E-state index contributed by atoms with van der Waals surface area (Å²) < 4.78 is 30.3. The molecule has 0 amide bonds. The number of nitrogens with one attached hydrogen (secondary N) is 1. The second-order valence-corrected chi connectivity index (χ2v) is 8.84. The normalized spacial score (nSPS) is 13.9. The van der Waals surface area contributed by atoms with E-state index in [1.54, 1.807) is 37.4 Å². The Morgan fingerprint density at radius 2 is 1.68 bits per heavy atom. The summed E-state index contributed by atoms with van der Waals surface area (Å²) in [6, 6.07) is 15.2. The summed E-state index contributed by atoms with van der Waals surface area (Å²) in [5.41, 5.74) is 5.54. The van der Waals surface area contributed by atoms with Crippen LogP contribution in [0.2, 0.25) is 0 Å². The minimum absolute atomic E-state index is 0.0389. The molecule has 34 heavy (non-hydrogen) atoms. The van der Waals surface area contributed by atoms with E-state index >= 15 is 0 Å². The number of halogens is 1. The summed E-state index contributed by atoms with van der Waals surface area (Å²) in [5.74, 6) is 0.246. The van der Waals surface area contributed by atoms with Crippen molar-refractivity contribution in [1.82, 2.24) is 0 Å². The molecular weight excluding hydrogens is 433 g/mol. The van der Waals surface area contributed by atoms with Gasteiger partial charge in [-0.1, -0.05) is 12.1 Å². The molecular formula is C28H28FNO4. The van der Waals surface area contributed by atoms with E-state index in [9.17, 15) is 9.18 Å². The Kier molecular flexibility index (Phi) is 6.33. The van der Waals surface area contributed by atoms with Crippen LogP contribution in [0.3, 0.4) is 0 Å². The molecule has 1 N–H and O–H groups in total. The highest BCUT2D eigenvalue weighted by atomic mass is 19.1. The second-order valence-electron chi connectivity index (χ2n) is 8.84. The Balaban J connectivity index is 1.78. The lowest BCUT2D eigenvalue weighted by Gasteiger charge is -2.33. The zero-order valence-electron chi connectivity index (χ0n) is 20.0. The van der Waals surface area contributed by atoms with Gasteiger partial charge in [-0.15, -0.1) is 0 Å². The number of carbonyl (C=O) groups is 1. The minimum Gasteiger partial charge on any atom is -0.497 e. The van der Waals surface area contributed by atoms with Crippen molar-refractivity contribution in [2.45, 2.75) is 32.9 Å². The van der Waals surface area contributed by atoms with Gasteiger partial charge in [-0.3, -0.25) is 0 Å². The maximum Gasteiger partial charge on any atom is 0.338 e. The maximum atomic E-state index is 13.9. The first-order valence-electron chi connectivity index (χ1n) is 11.0. The number of ether oxygens (including phenoxy) is 3. The Morgan fingerprint density at radius 1 is 0.971 bits per heavy atom. The van der Waals surface area contributed by atoms with Gasteiger partial charge in [0.1, 0.15) is 23.9 Å². The summed E-state index contributed by atoms with van der Waals surface area (Å²) in [4.78, 5) is 12.8. The Morgan fingerprint density at radius 3 is 2.35 bits per heavy atom. The fraction of sp³-hybridized carbons (Fsp3) is 0.250. The smallest absolute Gasteiger partial charge is 0.338 e. The van der Waals surface area contributed by atoms with Crippen molar-refractivity contribution in [1.29, 1.82) is 0 Å². The highest BCUT2D eigenvalue weighted by Gasteiger charge is 2.27. The number of esters is 1. The molecule has 0 saturated heterocycles. The fourth-order valence-corrected chi connectivity index (χ4v) is 4.44. The van der Waals surface area contributed by atoms with Crippen LogP contribution in [-0.4, -0.2) is 25.7 Å². The largest absolute Gasteiger partial charge is 0.497 e. The summed E-state index contributed by atoms with van der Waals surface area (Å²) in [7, 11) is 3.08. The van der Waals surface area contributed by atoms with Gasteiger partial charge in [-0.2, -0.15) is 0 Å². The van der Waals surface area contributed by atoms with Crippen LogP contribution < -0.4 is 14.8 Å². The van der Waals surface area contributed by atoms with E-state index in [1.807, 2.05) is 19.1 Å². The third-order valence-electron chi connectivity index (χ3n) is 5.87. The fourth-order valence-electron chi connectivity index (χ4n) is 4.44. The maximum absolute atomic E-state index is 13.9. The molecule has 0 aromatic heterocycles. The first kappa shape index (κ1) is 23.4. The average Bonchev–Trinajstić information content (AvgIpc) is 2.81. The van der Waals surface area contributed by atoms with E-state index in [4.69, 9.17) is 14.2 Å². The van der Waals surface area contributed by atoms with Gasteiger partial charge in [-0.05, 0) is 74.4 Å². The van der Waals surface area contributed by atoms with Crippen LogP contribution in [0.5, 0.6) is 11.5 Å². The van der Waals surface area contributed by atoms with Crippen LogP contribution in [0.25, 0.3) is 16.7 Å². The van der Waals surface area contributed by atoms with E-state index in [0.717, 1.165) is 33.5 Å². The van der Waals surface area contributed by atoms with E-state index in [1.165, 1.54) is 19.2 Å². The van der Waals surface area contributed by atoms with Gasteiger partial charge in [0.15, 0.2) is 0 Å². The van der Waals surface area contributed by atoms with Gasteiger partial charge in [0.25, 0.3) is 0 Å². The van der Waals surface area contributed by atoms with E-state index in [2.05, 4.69) is 25.2 Å². The summed E-state index contributed by atoms with van der Waals surface area (Å²) in [5, 5.41) is 3.53. The van der Waals surface area contributed by atoms with Crippen LogP contribution >= 0.6 is 0 Å². The zero-order valence-corrected chi connectivity index (χ0v) is 20.0. The first-order valence-corrected chi connectivity index (χ1v) is 11.0. The van der Waals surface area contributed by atoms with Crippen molar-refractivity contribution in [3.05, 3.63) is 83.2 Å². The van der Waals surface area contributed by atoms with Gasteiger partial charge in [0.05, 0.1) is 25.3 Å². The molecule has 3 aromatic carbocycles. The number of anilines is 1. The van der Waals surface area contributed by atoms with Crippen molar-refractivity contribution in [3.8, 4) is 22.6 Å². The molecule has 1 aliphatic rings. The number of carbonyl (C=O) groups excluding carboxylic acids is 1. The second kappa shape index (κ2) is 9.21. The molecule has 0 saturated carbocycles. The lowest BCUT2D eigenvalue weighted by molar-refractivity contribution is 0.0473. The zero-order chi connectivity index (χ0) is 24.5. The van der Waals surface area contributed by atoms with E-state index < -0.39 is 5.97 Å². The minimum atomic E-state index is -0.442.